The van der Waals surface area contributed by atoms with E-state index in [0.717, 1.165) is 37.6 Å². The normalized spacial score (nSPS) is 16.2. The smallest absolute Gasteiger partial charge is 0.211 e. The van der Waals surface area contributed by atoms with E-state index in [0.29, 0.717) is 13.0 Å². The second-order valence-corrected chi connectivity index (χ2v) is 8.61. The van der Waals surface area contributed by atoms with E-state index >= 15 is 0 Å². The molecule has 1 aromatic carbocycles. The van der Waals surface area contributed by atoms with E-state index in [2.05, 4.69) is 22.0 Å². The van der Waals surface area contributed by atoms with Gasteiger partial charge in [-0.1, -0.05) is 37.3 Å². The van der Waals surface area contributed by atoms with Crippen LogP contribution in [0.4, 0.5) is 5.82 Å². The highest BCUT2D eigenvalue weighted by atomic mass is 32.2. The predicted octanol–water partition coefficient (Wildman–Crippen LogP) is 2.32. The van der Waals surface area contributed by atoms with E-state index in [9.17, 15) is 8.42 Å². The van der Waals surface area contributed by atoms with Crippen LogP contribution < -0.4 is 4.90 Å². The first-order valence-corrected chi connectivity index (χ1v) is 10.9. The van der Waals surface area contributed by atoms with Crippen LogP contribution in [0, 0.1) is 0 Å². The fourth-order valence-electron chi connectivity index (χ4n) is 3.57. The Hall–Kier alpha value is -1.99. The van der Waals surface area contributed by atoms with E-state index in [4.69, 9.17) is 4.98 Å². The summed E-state index contributed by atoms with van der Waals surface area (Å²) in [6, 6.07) is 12.2. The van der Waals surface area contributed by atoms with E-state index in [1.165, 1.54) is 11.8 Å². The highest BCUT2D eigenvalue weighted by Crippen LogP contribution is 2.22. The van der Waals surface area contributed by atoms with Crippen molar-refractivity contribution in [3.63, 3.8) is 0 Å². The molecule has 0 saturated carbocycles. The molecule has 0 unspecified atom stereocenters. The van der Waals surface area contributed by atoms with Gasteiger partial charge in [-0.15, -0.1) is 0 Å². The van der Waals surface area contributed by atoms with Crippen molar-refractivity contribution in [3.8, 4) is 0 Å². The maximum Gasteiger partial charge on any atom is 0.211 e. The summed E-state index contributed by atoms with van der Waals surface area (Å²) in [6.07, 6.45) is 5.45. The molecular weight excluding hydrogens is 348 g/mol. The largest absolute Gasteiger partial charge is 0.356 e. The van der Waals surface area contributed by atoms with Crippen LogP contribution >= 0.6 is 0 Å². The third-order valence-corrected chi connectivity index (χ3v) is 6.24. The molecule has 0 spiro atoms. The van der Waals surface area contributed by atoms with Crippen LogP contribution in [0.1, 0.15) is 31.2 Å². The van der Waals surface area contributed by atoms with Crippen LogP contribution in [0.3, 0.4) is 0 Å². The lowest BCUT2D eigenvalue weighted by atomic mass is 10.1. The monoisotopic (exact) mass is 374 g/mol. The zero-order valence-electron chi connectivity index (χ0n) is 15.4. The molecule has 1 fully saturated rings. The van der Waals surface area contributed by atoms with Crippen molar-refractivity contribution >= 4 is 15.8 Å². The van der Waals surface area contributed by atoms with Gasteiger partial charge in [-0.2, -0.15) is 4.31 Å². The first-order valence-electron chi connectivity index (χ1n) is 9.05. The molecule has 7 heteroatoms. The first-order chi connectivity index (χ1) is 12.5. The van der Waals surface area contributed by atoms with Gasteiger partial charge in [-0.05, 0) is 24.5 Å². The minimum Gasteiger partial charge on any atom is -0.356 e. The fraction of sp³-hybridized carbons (Fsp3) is 0.474. The van der Waals surface area contributed by atoms with Crippen molar-refractivity contribution < 1.29 is 8.42 Å². The number of sulfonamides is 1. The summed E-state index contributed by atoms with van der Waals surface area (Å²) in [5.74, 6) is 1.73. The highest BCUT2D eigenvalue weighted by Gasteiger charge is 2.29. The summed E-state index contributed by atoms with van der Waals surface area (Å²) < 4.78 is 25.5. The molecule has 1 aliphatic heterocycles. The lowest BCUT2D eigenvalue weighted by molar-refractivity contribution is 0.285. The van der Waals surface area contributed by atoms with Crippen molar-refractivity contribution in [1.82, 2.24) is 14.3 Å². The van der Waals surface area contributed by atoms with Crippen molar-refractivity contribution in [2.45, 2.75) is 32.2 Å². The molecule has 3 rings (SSSR count). The second-order valence-electron chi connectivity index (χ2n) is 6.68. The van der Waals surface area contributed by atoms with E-state index in [-0.39, 0.29) is 6.04 Å². The van der Waals surface area contributed by atoms with Crippen molar-refractivity contribution in [3.05, 3.63) is 54.0 Å². The van der Waals surface area contributed by atoms with E-state index < -0.39 is 10.0 Å². The molecule has 140 valence electrons. The van der Waals surface area contributed by atoms with Gasteiger partial charge in [0.2, 0.25) is 10.0 Å². The van der Waals surface area contributed by atoms with Crippen LogP contribution in [0.25, 0.3) is 0 Å². The van der Waals surface area contributed by atoms with E-state index in [1.54, 1.807) is 4.31 Å². The standard InChI is InChI=1S/C19H26N4O2S/c1-3-23(26(2,24)25)17-10-13-22(14-11-17)19-9-12-20-18(21-19)15-16-7-5-4-6-8-16/h4-9,12,17H,3,10-11,13-15H2,1-2H3. The van der Waals surface area contributed by atoms with Gasteiger partial charge in [0, 0.05) is 38.3 Å². The summed E-state index contributed by atoms with van der Waals surface area (Å²) in [5, 5.41) is 0. The average Bonchev–Trinajstić information content (AvgIpc) is 2.63. The molecule has 2 aromatic rings. The maximum absolute atomic E-state index is 11.9. The van der Waals surface area contributed by atoms with Gasteiger partial charge in [-0.25, -0.2) is 18.4 Å². The zero-order chi connectivity index (χ0) is 18.6. The molecule has 0 N–H and O–H groups in total. The Kier molecular flexibility index (Phi) is 5.88. The van der Waals surface area contributed by atoms with Crippen LogP contribution in [-0.4, -0.2) is 54.6 Å². The molecule has 6 nitrogen and oxygen atoms in total. The number of aromatic nitrogens is 2. The second kappa shape index (κ2) is 8.14. The summed E-state index contributed by atoms with van der Waals surface area (Å²) in [7, 11) is -3.15. The number of rotatable bonds is 6. The molecule has 26 heavy (non-hydrogen) atoms. The zero-order valence-corrected chi connectivity index (χ0v) is 16.2. The summed E-state index contributed by atoms with van der Waals surface area (Å²) in [4.78, 5) is 11.3. The van der Waals surface area contributed by atoms with Gasteiger partial charge >= 0.3 is 0 Å². The molecule has 2 heterocycles. The Labute approximate surface area is 155 Å². The summed E-state index contributed by atoms with van der Waals surface area (Å²) in [6.45, 7) is 4.03. The number of nitrogens with zero attached hydrogens (tertiary/aromatic N) is 4. The van der Waals surface area contributed by atoms with Crippen LogP contribution in [0.5, 0.6) is 0 Å². The van der Waals surface area contributed by atoms with Gasteiger partial charge in [0.1, 0.15) is 11.6 Å². The number of hydrogen-bond acceptors (Lipinski definition) is 5. The summed E-state index contributed by atoms with van der Waals surface area (Å²) >= 11 is 0. The highest BCUT2D eigenvalue weighted by molar-refractivity contribution is 7.88. The van der Waals surface area contributed by atoms with Crippen molar-refractivity contribution in [1.29, 1.82) is 0 Å². The Morgan fingerprint density at radius 3 is 2.46 bits per heavy atom. The van der Waals surface area contributed by atoms with E-state index in [1.807, 2.05) is 37.4 Å². The van der Waals surface area contributed by atoms with Crippen LogP contribution in [0.2, 0.25) is 0 Å². The molecule has 1 aliphatic rings. The van der Waals surface area contributed by atoms with Crippen molar-refractivity contribution in [2.24, 2.45) is 0 Å². The first kappa shape index (κ1) is 18.8. The molecule has 0 radical (unpaired) electrons. The maximum atomic E-state index is 11.9. The lowest BCUT2D eigenvalue weighted by Gasteiger charge is -2.37. The lowest BCUT2D eigenvalue weighted by Crippen LogP contribution is -2.47. The molecular formula is C19H26N4O2S. The van der Waals surface area contributed by atoms with Crippen LogP contribution in [0.15, 0.2) is 42.6 Å². The summed E-state index contributed by atoms with van der Waals surface area (Å²) in [5.41, 5.74) is 1.19. The van der Waals surface area contributed by atoms with Crippen LogP contribution in [-0.2, 0) is 16.4 Å². The predicted molar refractivity (Wildman–Crippen MR) is 104 cm³/mol. The molecule has 0 atom stereocenters. The third kappa shape index (κ3) is 4.59. The Morgan fingerprint density at radius 1 is 1.15 bits per heavy atom. The minimum absolute atomic E-state index is 0.0804. The van der Waals surface area contributed by atoms with Gasteiger partial charge in [0.15, 0.2) is 0 Å². The Bertz CT molecular complexity index is 818. The number of hydrogen-bond donors (Lipinski definition) is 0. The van der Waals surface area contributed by atoms with Gasteiger partial charge in [0.25, 0.3) is 0 Å². The number of anilines is 1. The fourth-order valence-corrected chi connectivity index (χ4v) is 4.80. The number of piperidine rings is 1. The Balaban J connectivity index is 1.65. The van der Waals surface area contributed by atoms with Gasteiger partial charge in [0.05, 0.1) is 6.26 Å². The van der Waals surface area contributed by atoms with Gasteiger partial charge < -0.3 is 4.90 Å². The Morgan fingerprint density at radius 2 is 1.85 bits per heavy atom. The molecule has 1 aromatic heterocycles. The topological polar surface area (TPSA) is 66.4 Å². The average molecular weight is 375 g/mol. The van der Waals surface area contributed by atoms with Gasteiger partial charge in [-0.3, -0.25) is 0 Å². The minimum atomic E-state index is -3.15. The van der Waals surface area contributed by atoms with Crippen molar-refractivity contribution in [2.75, 3.05) is 30.8 Å². The molecule has 0 bridgehead atoms. The molecule has 1 saturated heterocycles. The number of benzene rings is 1. The third-order valence-electron chi connectivity index (χ3n) is 4.83. The quantitative estimate of drug-likeness (QED) is 0.776. The SMILES string of the molecule is CCN(C1CCN(c2ccnc(Cc3ccccc3)n2)CC1)S(C)(=O)=O. The molecule has 0 amide bonds. The molecule has 0 aliphatic carbocycles.